The lowest BCUT2D eigenvalue weighted by Gasteiger charge is -2.06. The summed E-state index contributed by atoms with van der Waals surface area (Å²) in [6.07, 6.45) is 1.89. The number of amides is 1. The summed E-state index contributed by atoms with van der Waals surface area (Å²) in [6.45, 7) is 1.87. The molecule has 106 valence electrons. The summed E-state index contributed by atoms with van der Waals surface area (Å²) in [5.41, 5.74) is 3.58. The van der Waals surface area contributed by atoms with Gasteiger partial charge in [0.1, 0.15) is 0 Å². The number of pyridine rings is 1. The molecule has 0 unspecified atom stereocenters. The minimum Gasteiger partial charge on any atom is -0.326 e. The third kappa shape index (κ3) is 3.00. The van der Waals surface area contributed by atoms with E-state index in [0.717, 1.165) is 22.5 Å². The lowest BCUT2D eigenvalue weighted by Crippen LogP contribution is -2.14. The average Bonchev–Trinajstić information content (AvgIpc) is 2.78. The van der Waals surface area contributed by atoms with Crippen LogP contribution in [0, 0.1) is 6.92 Å². The van der Waals surface area contributed by atoms with Gasteiger partial charge in [-0.3, -0.25) is 9.78 Å². The molecule has 2 heterocycles. The maximum Gasteiger partial charge on any atom is 0.323 e. The number of nitrogens with one attached hydrogen (secondary N) is 3. The highest BCUT2D eigenvalue weighted by molar-refractivity contribution is 5.92. The fourth-order valence-corrected chi connectivity index (χ4v) is 2.20. The van der Waals surface area contributed by atoms with Crippen LogP contribution in [-0.4, -0.2) is 20.9 Å². The minimum atomic E-state index is -0.251. The Morgan fingerprint density at radius 1 is 1.19 bits per heavy atom. The molecule has 0 radical (unpaired) electrons. The van der Waals surface area contributed by atoms with Crippen LogP contribution in [0.3, 0.4) is 0 Å². The highest BCUT2D eigenvalue weighted by Crippen LogP contribution is 2.12. The zero-order valence-corrected chi connectivity index (χ0v) is 11.4. The summed E-state index contributed by atoms with van der Waals surface area (Å²) in [7, 11) is 0. The highest BCUT2D eigenvalue weighted by atomic mass is 16.1. The molecule has 6 heteroatoms. The number of carbonyl (C=O) groups excluding carboxylic acids is 1. The Labute approximate surface area is 120 Å². The molecule has 0 saturated heterocycles. The molecule has 0 aliphatic rings. The van der Waals surface area contributed by atoms with Crippen LogP contribution >= 0.6 is 0 Å². The van der Waals surface area contributed by atoms with Gasteiger partial charge in [-0.05, 0) is 36.8 Å². The number of carbonyl (C=O) groups is 1. The van der Waals surface area contributed by atoms with Crippen LogP contribution in [0.4, 0.5) is 5.69 Å². The van der Waals surface area contributed by atoms with E-state index in [-0.39, 0.29) is 18.0 Å². The van der Waals surface area contributed by atoms with Crippen LogP contribution < -0.4 is 11.0 Å². The van der Waals surface area contributed by atoms with Crippen molar-refractivity contribution in [3.8, 4) is 0 Å². The molecule has 0 bridgehead atoms. The first-order valence-corrected chi connectivity index (χ1v) is 6.53. The van der Waals surface area contributed by atoms with Crippen molar-refractivity contribution in [1.29, 1.82) is 0 Å². The number of benzene rings is 1. The van der Waals surface area contributed by atoms with Gasteiger partial charge in [0.2, 0.25) is 5.91 Å². The zero-order valence-electron chi connectivity index (χ0n) is 11.4. The molecule has 3 rings (SSSR count). The first kappa shape index (κ1) is 13.1. The van der Waals surface area contributed by atoms with Crippen molar-refractivity contribution in [3.05, 3.63) is 58.3 Å². The van der Waals surface area contributed by atoms with Gasteiger partial charge < -0.3 is 15.3 Å². The van der Waals surface area contributed by atoms with Crippen molar-refractivity contribution in [2.24, 2.45) is 0 Å². The smallest absolute Gasteiger partial charge is 0.323 e. The number of H-pyrrole nitrogens is 2. The second kappa shape index (κ2) is 5.24. The van der Waals surface area contributed by atoms with Crippen LogP contribution in [0.5, 0.6) is 0 Å². The molecular weight excluding hydrogens is 268 g/mol. The van der Waals surface area contributed by atoms with E-state index in [4.69, 9.17) is 0 Å². The first-order valence-electron chi connectivity index (χ1n) is 6.53. The number of anilines is 1. The fourth-order valence-electron chi connectivity index (χ4n) is 2.20. The van der Waals surface area contributed by atoms with Gasteiger partial charge in [0.15, 0.2) is 0 Å². The van der Waals surface area contributed by atoms with E-state index < -0.39 is 0 Å². The van der Waals surface area contributed by atoms with Crippen molar-refractivity contribution in [1.82, 2.24) is 15.0 Å². The molecule has 6 nitrogen and oxygen atoms in total. The van der Waals surface area contributed by atoms with Gasteiger partial charge in [-0.2, -0.15) is 0 Å². The monoisotopic (exact) mass is 282 g/mol. The zero-order chi connectivity index (χ0) is 14.8. The van der Waals surface area contributed by atoms with Crippen LogP contribution in [0.15, 0.2) is 41.3 Å². The molecule has 2 aromatic heterocycles. The van der Waals surface area contributed by atoms with E-state index in [1.165, 1.54) is 0 Å². The van der Waals surface area contributed by atoms with Crippen molar-refractivity contribution in [3.63, 3.8) is 0 Å². The number of hydrogen-bond acceptors (Lipinski definition) is 3. The van der Waals surface area contributed by atoms with E-state index in [0.29, 0.717) is 5.52 Å². The second-order valence-corrected chi connectivity index (χ2v) is 4.87. The lowest BCUT2D eigenvalue weighted by molar-refractivity contribution is -0.115. The Morgan fingerprint density at radius 2 is 2.00 bits per heavy atom. The average molecular weight is 282 g/mol. The maximum absolute atomic E-state index is 12.0. The summed E-state index contributed by atoms with van der Waals surface area (Å²) in [5.74, 6) is -0.113. The van der Waals surface area contributed by atoms with Crippen LogP contribution in [0.25, 0.3) is 11.0 Å². The lowest BCUT2D eigenvalue weighted by atomic mass is 10.1. The van der Waals surface area contributed by atoms with Gasteiger partial charge in [0.25, 0.3) is 0 Å². The van der Waals surface area contributed by atoms with E-state index in [9.17, 15) is 9.59 Å². The standard InChI is InChI=1S/C15H14N4O2/c1-9-6-11(4-5-16-9)17-14(20)8-10-2-3-12-13(7-10)19-15(21)18-12/h2-7H,8H2,1H3,(H,16,17,20)(H2,18,19,21). The number of rotatable bonds is 3. The molecule has 1 amide bonds. The summed E-state index contributed by atoms with van der Waals surface area (Å²) in [5, 5.41) is 2.83. The molecule has 21 heavy (non-hydrogen) atoms. The molecule has 1 aromatic carbocycles. The number of aryl methyl sites for hydroxylation is 1. The summed E-state index contributed by atoms with van der Waals surface area (Å²) in [4.78, 5) is 32.6. The molecule has 0 spiro atoms. The Kier molecular flexibility index (Phi) is 3.27. The normalized spacial score (nSPS) is 10.7. The topological polar surface area (TPSA) is 90.6 Å². The van der Waals surface area contributed by atoms with Gasteiger partial charge >= 0.3 is 5.69 Å². The number of aromatic nitrogens is 3. The summed E-state index contributed by atoms with van der Waals surface area (Å²) in [6, 6.07) is 8.96. The van der Waals surface area contributed by atoms with Crippen LogP contribution in [0.1, 0.15) is 11.3 Å². The van der Waals surface area contributed by atoms with Gasteiger partial charge in [0.05, 0.1) is 17.5 Å². The second-order valence-electron chi connectivity index (χ2n) is 4.87. The number of fused-ring (bicyclic) bond motifs is 1. The van der Waals surface area contributed by atoms with Gasteiger partial charge in [-0.25, -0.2) is 4.79 Å². The Bertz CT molecular complexity index is 863. The Balaban J connectivity index is 1.75. The van der Waals surface area contributed by atoms with E-state index in [2.05, 4.69) is 20.3 Å². The van der Waals surface area contributed by atoms with E-state index >= 15 is 0 Å². The molecule has 3 aromatic rings. The van der Waals surface area contributed by atoms with Crippen molar-refractivity contribution in [2.75, 3.05) is 5.32 Å². The van der Waals surface area contributed by atoms with Gasteiger partial charge in [-0.1, -0.05) is 6.07 Å². The summed E-state index contributed by atoms with van der Waals surface area (Å²) < 4.78 is 0. The third-order valence-electron chi connectivity index (χ3n) is 3.13. The van der Waals surface area contributed by atoms with Gasteiger partial charge in [-0.15, -0.1) is 0 Å². The number of imidazole rings is 1. The molecular formula is C15H14N4O2. The van der Waals surface area contributed by atoms with E-state index in [1.807, 2.05) is 19.1 Å². The Morgan fingerprint density at radius 3 is 2.81 bits per heavy atom. The molecule has 3 N–H and O–H groups in total. The first-order chi connectivity index (χ1) is 10.1. The van der Waals surface area contributed by atoms with Crippen molar-refractivity contribution in [2.45, 2.75) is 13.3 Å². The van der Waals surface area contributed by atoms with Crippen molar-refractivity contribution >= 4 is 22.6 Å². The van der Waals surface area contributed by atoms with Crippen molar-refractivity contribution < 1.29 is 4.79 Å². The SMILES string of the molecule is Cc1cc(NC(=O)Cc2ccc3[nH]c(=O)[nH]c3c2)ccn1. The quantitative estimate of drug-likeness (QED) is 0.683. The minimum absolute atomic E-state index is 0.113. The maximum atomic E-state index is 12.0. The van der Waals surface area contributed by atoms with E-state index in [1.54, 1.807) is 24.4 Å². The largest absolute Gasteiger partial charge is 0.326 e. The van der Waals surface area contributed by atoms with Crippen LogP contribution in [0.2, 0.25) is 0 Å². The fraction of sp³-hybridized carbons (Fsp3) is 0.133. The predicted molar refractivity (Wildman–Crippen MR) is 80.2 cm³/mol. The molecule has 0 aliphatic heterocycles. The number of hydrogen-bond donors (Lipinski definition) is 3. The molecule has 0 atom stereocenters. The Hall–Kier alpha value is -2.89. The highest BCUT2D eigenvalue weighted by Gasteiger charge is 2.06. The summed E-state index contributed by atoms with van der Waals surface area (Å²) >= 11 is 0. The number of nitrogens with zero attached hydrogens (tertiary/aromatic N) is 1. The van der Waals surface area contributed by atoms with Gasteiger partial charge in [0, 0.05) is 17.6 Å². The predicted octanol–water partition coefficient (Wildman–Crippen LogP) is 1.74. The van der Waals surface area contributed by atoms with Crippen LogP contribution in [-0.2, 0) is 11.2 Å². The molecule has 0 saturated carbocycles. The molecule has 0 fully saturated rings. The third-order valence-corrected chi connectivity index (χ3v) is 3.13. The molecule has 0 aliphatic carbocycles. The number of aromatic amines is 2.